The molecule has 0 aliphatic heterocycles. The lowest BCUT2D eigenvalue weighted by Gasteiger charge is -2.04. The third kappa shape index (κ3) is 3.77. The second-order valence-electron chi connectivity index (χ2n) is 3.56. The summed E-state index contributed by atoms with van der Waals surface area (Å²) >= 11 is 0. The number of hydrogen-bond donors (Lipinski definition) is 1. The highest BCUT2D eigenvalue weighted by molar-refractivity contribution is 5.67. The molecule has 86 valence electrons. The van der Waals surface area contributed by atoms with Crippen LogP contribution in [0, 0.1) is 6.92 Å². The van der Waals surface area contributed by atoms with E-state index in [1.165, 1.54) is 0 Å². The number of allylic oxidation sites excluding steroid dienone is 1. The number of methoxy groups -OCH3 is 1. The van der Waals surface area contributed by atoms with Gasteiger partial charge in [0.25, 0.3) is 0 Å². The van der Waals surface area contributed by atoms with Gasteiger partial charge in [-0.3, -0.25) is 4.79 Å². The highest BCUT2D eigenvalue weighted by Gasteiger charge is 1.97. The lowest BCUT2D eigenvalue weighted by molar-refractivity contribution is -0.136. The lowest BCUT2D eigenvalue weighted by Crippen LogP contribution is -1.91. The van der Waals surface area contributed by atoms with Crippen LogP contribution in [0.25, 0.3) is 6.08 Å². The van der Waals surface area contributed by atoms with Gasteiger partial charge in [0.15, 0.2) is 0 Å². The quantitative estimate of drug-likeness (QED) is 0.829. The molecule has 3 heteroatoms. The molecule has 3 nitrogen and oxygen atoms in total. The molecule has 0 saturated carbocycles. The Labute approximate surface area is 95.4 Å². The van der Waals surface area contributed by atoms with E-state index in [0.29, 0.717) is 6.42 Å². The number of rotatable bonds is 5. The minimum Gasteiger partial charge on any atom is -0.496 e. The van der Waals surface area contributed by atoms with E-state index in [1.54, 1.807) is 7.11 Å². The zero-order valence-electron chi connectivity index (χ0n) is 9.56. The summed E-state index contributed by atoms with van der Waals surface area (Å²) in [4.78, 5) is 10.3. The van der Waals surface area contributed by atoms with Crippen molar-refractivity contribution in [3.63, 3.8) is 0 Å². The maximum absolute atomic E-state index is 10.3. The van der Waals surface area contributed by atoms with E-state index in [2.05, 4.69) is 0 Å². The Morgan fingerprint density at radius 3 is 2.88 bits per heavy atom. The van der Waals surface area contributed by atoms with E-state index in [4.69, 9.17) is 9.84 Å². The van der Waals surface area contributed by atoms with E-state index < -0.39 is 5.97 Å². The number of carboxylic acid groups (broad SMARTS) is 1. The summed E-state index contributed by atoms with van der Waals surface area (Å²) in [6.07, 6.45) is 4.48. The zero-order chi connectivity index (χ0) is 12.0. The molecule has 0 amide bonds. The molecule has 0 aromatic heterocycles. The van der Waals surface area contributed by atoms with Crippen LogP contribution in [0.4, 0.5) is 0 Å². The van der Waals surface area contributed by atoms with Crippen molar-refractivity contribution in [2.24, 2.45) is 0 Å². The van der Waals surface area contributed by atoms with Crippen molar-refractivity contribution in [2.45, 2.75) is 19.8 Å². The summed E-state index contributed by atoms with van der Waals surface area (Å²) < 4.78 is 5.20. The predicted molar refractivity (Wildman–Crippen MR) is 63.6 cm³/mol. The highest BCUT2D eigenvalue weighted by atomic mass is 16.5. The van der Waals surface area contributed by atoms with E-state index in [0.717, 1.165) is 16.9 Å². The fourth-order valence-electron chi connectivity index (χ4n) is 1.37. The minimum atomic E-state index is -0.772. The van der Waals surface area contributed by atoms with E-state index >= 15 is 0 Å². The van der Waals surface area contributed by atoms with Crippen molar-refractivity contribution in [3.8, 4) is 5.75 Å². The van der Waals surface area contributed by atoms with Crippen LogP contribution in [0.3, 0.4) is 0 Å². The van der Waals surface area contributed by atoms with Crippen LogP contribution in [0.1, 0.15) is 24.0 Å². The summed E-state index contributed by atoms with van der Waals surface area (Å²) in [6.45, 7) is 1.98. The van der Waals surface area contributed by atoms with Crippen molar-refractivity contribution in [2.75, 3.05) is 7.11 Å². The first-order chi connectivity index (χ1) is 7.63. The molecule has 0 aliphatic carbocycles. The molecule has 0 unspecified atom stereocenters. The Balaban J connectivity index is 2.63. The number of aryl methyl sites for hydroxylation is 1. The largest absolute Gasteiger partial charge is 0.496 e. The summed E-state index contributed by atoms with van der Waals surface area (Å²) in [5.74, 6) is 0.0755. The Bertz CT molecular complexity index is 394. The van der Waals surface area contributed by atoms with E-state index in [-0.39, 0.29) is 6.42 Å². The molecule has 1 rings (SSSR count). The molecule has 1 aromatic rings. The fourth-order valence-corrected chi connectivity index (χ4v) is 1.37. The third-order valence-corrected chi connectivity index (χ3v) is 2.27. The van der Waals surface area contributed by atoms with E-state index in [1.807, 2.05) is 37.3 Å². The zero-order valence-corrected chi connectivity index (χ0v) is 9.56. The molecule has 0 radical (unpaired) electrons. The van der Waals surface area contributed by atoms with Gasteiger partial charge in [0.05, 0.1) is 7.11 Å². The first kappa shape index (κ1) is 12.3. The molecule has 0 bridgehead atoms. The average Bonchev–Trinajstić information content (AvgIpc) is 2.26. The molecular formula is C13H16O3. The van der Waals surface area contributed by atoms with Crippen LogP contribution in [-0.2, 0) is 4.79 Å². The van der Waals surface area contributed by atoms with Crippen molar-refractivity contribution < 1.29 is 14.6 Å². The Kier molecular flexibility index (Phi) is 4.58. The number of carbonyl (C=O) groups is 1. The second-order valence-corrected chi connectivity index (χ2v) is 3.56. The smallest absolute Gasteiger partial charge is 0.303 e. The Morgan fingerprint density at radius 1 is 1.50 bits per heavy atom. The number of carboxylic acids is 1. The molecule has 16 heavy (non-hydrogen) atoms. The van der Waals surface area contributed by atoms with Crippen molar-refractivity contribution >= 4 is 12.0 Å². The van der Waals surface area contributed by atoms with E-state index in [9.17, 15) is 4.79 Å². The van der Waals surface area contributed by atoms with Gasteiger partial charge in [0.1, 0.15) is 5.75 Å². The van der Waals surface area contributed by atoms with Gasteiger partial charge in [-0.15, -0.1) is 0 Å². The molecule has 0 aliphatic rings. The first-order valence-electron chi connectivity index (χ1n) is 5.16. The van der Waals surface area contributed by atoms with Gasteiger partial charge in [-0.05, 0) is 30.5 Å². The van der Waals surface area contributed by atoms with Gasteiger partial charge in [-0.2, -0.15) is 0 Å². The molecule has 1 N–H and O–H groups in total. The standard InChI is InChI=1S/C13H16O3/c1-10-7-8-11(9-12(10)16-2)5-3-4-6-13(14)15/h3,5,7-9H,4,6H2,1-2H3,(H,14,15). The number of ether oxygens (including phenoxy) is 1. The van der Waals surface area contributed by atoms with Crippen LogP contribution in [0.5, 0.6) is 5.75 Å². The fraction of sp³-hybridized carbons (Fsp3) is 0.308. The maximum atomic E-state index is 10.3. The van der Waals surface area contributed by atoms with Gasteiger partial charge < -0.3 is 9.84 Å². The van der Waals surface area contributed by atoms with Crippen LogP contribution in [-0.4, -0.2) is 18.2 Å². The summed E-state index contributed by atoms with van der Waals surface area (Å²) in [6, 6.07) is 5.90. The Morgan fingerprint density at radius 2 is 2.25 bits per heavy atom. The van der Waals surface area contributed by atoms with Crippen LogP contribution >= 0.6 is 0 Å². The number of hydrogen-bond acceptors (Lipinski definition) is 2. The normalized spacial score (nSPS) is 10.6. The maximum Gasteiger partial charge on any atom is 0.303 e. The number of aliphatic carboxylic acids is 1. The second kappa shape index (κ2) is 5.95. The minimum absolute atomic E-state index is 0.166. The Hall–Kier alpha value is -1.77. The number of benzene rings is 1. The molecule has 0 heterocycles. The molecule has 0 atom stereocenters. The highest BCUT2D eigenvalue weighted by Crippen LogP contribution is 2.19. The van der Waals surface area contributed by atoms with Gasteiger partial charge in [-0.1, -0.05) is 24.3 Å². The molecule has 0 saturated heterocycles. The van der Waals surface area contributed by atoms with Gasteiger partial charge in [-0.25, -0.2) is 0 Å². The first-order valence-corrected chi connectivity index (χ1v) is 5.16. The topological polar surface area (TPSA) is 46.5 Å². The summed E-state index contributed by atoms with van der Waals surface area (Å²) in [5.41, 5.74) is 2.11. The lowest BCUT2D eigenvalue weighted by atomic mass is 10.1. The molecule has 0 spiro atoms. The molecule has 1 aromatic carbocycles. The van der Waals surface area contributed by atoms with Gasteiger partial charge >= 0.3 is 5.97 Å². The van der Waals surface area contributed by atoms with Crippen molar-refractivity contribution in [1.82, 2.24) is 0 Å². The van der Waals surface area contributed by atoms with Gasteiger partial charge in [0.2, 0.25) is 0 Å². The SMILES string of the molecule is COc1cc(C=CCCC(=O)O)ccc1C. The molecule has 0 fully saturated rings. The van der Waals surface area contributed by atoms with Crippen LogP contribution < -0.4 is 4.74 Å². The monoisotopic (exact) mass is 220 g/mol. The predicted octanol–water partition coefficient (Wildman–Crippen LogP) is 2.88. The summed E-state index contributed by atoms with van der Waals surface area (Å²) in [5, 5.41) is 8.48. The van der Waals surface area contributed by atoms with Crippen LogP contribution in [0.2, 0.25) is 0 Å². The van der Waals surface area contributed by atoms with Gasteiger partial charge in [0, 0.05) is 6.42 Å². The average molecular weight is 220 g/mol. The van der Waals surface area contributed by atoms with Crippen molar-refractivity contribution in [1.29, 1.82) is 0 Å². The summed E-state index contributed by atoms with van der Waals surface area (Å²) in [7, 11) is 1.64. The third-order valence-electron chi connectivity index (χ3n) is 2.27. The molecular weight excluding hydrogens is 204 g/mol. The van der Waals surface area contributed by atoms with Crippen molar-refractivity contribution in [3.05, 3.63) is 35.4 Å². The van der Waals surface area contributed by atoms with Crippen LogP contribution in [0.15, 0.2) is 24.3 Å².